The van der Waals surface area contributed by atoms with E-state index in [-0.39, 0.29) is 17.7 Å². The van der Waals surface area contributed by atoms with E-state index in [4.69, 9.17) is 0 Å². The molecule has 1 fully saturated rings. The van der Waals surface area contributed by atoms with Crippen molar-refractivity contribution >= 4 is 28.3 Å². The van der Waals surface area contributed by atoms with Gasteiger partial charge in [0.15, 0.2) is 5.13 Å². The lowest BCUT2D eigenvalue weighted by atomic mass is 9.97. The van der Waals surface area contributed by atoms with Gasteiger partial charge in [-0.05, 0) is 43.7 Å². The average molecular weight is 369 g/mol. The summed E-state index contributed by atoms with van der Waals surface area (Å²) in [7, 11) is 0. The van der Waals surface area contributed by atoms with Gasteiger partial charge in [0.1, 0.15) is 0 Å². The van der Waals surface area contributed by atoms with Crippen LogP contribution in [-0.2, 0) is 11.2 Å². The first-order valence-corrected chi connectivity index (χ1v) is 10.1. The first kappa shape index (κ1) is 17.2. The van der Waals surface area contributed by atoms with E-state index in [1.165, 1.54) is 11.3 Å². The van der Waals surface area contributed by atoms with E-state index in [1.807, 2.05) is 23.1 Å². The van der Waals surface area contributed by atoms with Gasteiger partial charge < -0.3 is 4.90 Å². The molecule has 2 heterocycles. The van der Waals surface area contributed by atoms with Gasteiger partial charge in [-0.3, -0.25) is 14.9 Å². The third-order valence-electron chi connectivity index (χ3n) is 5.37. The summed E-state index contributed by atoms with van der Waals surface area (Å²) >= 11 is 1.50. The van der Waals surface area contributed by atoms with Gasteiger partial charge in [-0.2, -0.15) is 0 Å². The van der Waals surface area contributed by atoms with Crippen LogP contribution < -0.4 is 5.32 Å². The van der Waals surface area contributed by atoms with Crippen molar-refractivity contribution < 1.29 is 9.59 Å². The summed E-state index contributed by atoms with van der Waals surface area (Å²) in [5, 5.41) is 3.47. The third-order valence-corrected chi connectivity index (χ3v) is 6.41. The standard InChI is InChI=1S/C20H23N3O2S/c1-13-9-11-23(12-10-13)19(25)15-7-8-16-17(15)21-20(26-16)22-18(24)14-5-3-2-4-6-14/h2-6,13,15H,7-12H2,1H3,(H,21,22,24). The highest BCUT2D eigenvalue weighted by molar-refractivity contribution is 7.16. The molecule has 1 aromatic heterocycles. The molecule has 1 atom stereocenters. The minimum atomic E-state index is -0.161. The lowest BCUT2D eigenvalue weighted by molar-refractivity contribution is -0.134. The molecule has 0 bridgehead atoms. The van der Waals surface area contributed by atoms with Crippen LogP contribution in [0.3, 0.4) is 0 Å². The van der Waals surface area contributed by atoms with E-state index in [0.29, 0.717) is 16.6 Å². The Morgan fingerprint density at radius 3 is 2.62 bits per heavy atom. The van der Waals surface area contributed by atoms with Gasteiger partial charge >= 0.3 is 0 Å². The maximum atomic E-state index is 12.9. The minimum absolute atomic E-state index is 0.142. The number of nitrogens with one attached hydrogen (secondary N) is 1. The first-order chi connectivity index (χ1) is 12.6. The monoisotopic (exact) mass is 369 g/mol. The number of fused-ring (bicyclic) bond motifs is 1. The van der Waals surface area contributed by atoms with E-state index < -0.39 is 0 Å². The Bertz CT molecular complexity index is 810. The highest BCUT2D eigenvalue weighted by Crippen LogP contribution is 2.39. The Kier molecular flexibility index (Phi) is 4.76. The molecule has 1 saturated heterocycles. The number of aromatic nitrogens is 1. The highest BCUT2D eigenvalue weighted by Gasteiger charge is 2.36. The van der Waals surface area contributed by atoms with Crippen LogP contribution >= 0.6 is 11.3 Å². The molecular weight excluding hydrogens is 346 g/mol. The smallest absolute Gasteiger partial charge is 0.257 e. The lowest BCUT2D eigenvalue weighted by Crippen LogP contribution is -2.40. The molecule has 2 aliphatic rings. The van der Waals surface area contributed by atoms with Gasteiger partial charge in [-0.15, -0.1) is 11.3 Å². The van der Waals surface area contributed by atoms with Crippen molar-refractivity contribution in [3.05, 3.63) is 46.5 Å². The van der Waals surface area contributed by atoms with E-state index in [0.717, 1.165) is 49.3 Å². The van der Waals surface area contributed by atoms with Crippen LogP contribution in [0.4, 0.5) is 5.13 Å². The number of carbonyl (C=O) groups excluding carboxylic acids is 2. The molecule has 0 radical (unpaired) electrons. The predicted octanol–water partition coefficient (Wildman–Crippen LogP) is 3.68. The van der Waals surface area contributed by atoms with E-state index >= 15 is 0 Å². The van der Waals surface area contributed by atoms with Crippen molar-refractivity contribution in [3.63, 3.8) is 0 Å². The van der Waals surface area contributed by atoms with Crippen molar-refractivity contribution in [3.8, 4) is 0 Å². The summed E-state index contributed by atoms with van der Waals surface area (Å²) < 4.78 is 0. The summed E-state index contributed by atoms with van der Waals surface area (Å²) in [5.74, 6) is 0.613. The largest absolute Gasteiger partial charge is 0.342 e. The quantitative estimate of drug-likeness (QED) is 0.898. The fourth-order valence-corrected chi connectivity index (χ4v) is 4.76. The Labute approximate surface area is 157 Å². The van der Waals surface area contributed by atoms with Gasteiger partial charge in [-0.1, -0.05) is 25.1 Å². The summed E-state index contributed by atoms with van der Waals surface area (Å²) in [5.41, 5.74) is 1.49. The number of carbonyl (C=O) groups is 2. The normalized spacial score (nSPS) is 20.0. The van der Waals surface area contributed by atoms with Crippen LogP contribution in [0.2, 0.25) is 0 Å². The summed E-state index contributed by atoms with van der Waals surface area (Å²) in [6, 6.07) is 9.11. The second-order valence-electron chi connectivity index (χ2n) is 7.25. The fourth-order valence-electron chi connectivity index (χ4n) is 3.73. The second-order valence-corrected chi connectivity index (χ2v) is 8.33. The van der Waals surface area contributed by atoms with Crippen molar-refractivity contribution in [2.75, 3.05) is 18.4 Å². The molecule has 26 heavy (non-hydrogen) atoms. The van der Waals surface area contributed by atoms with Crippen LogP contribution in [0.25, 0.3) is 0 Å². The molecule has 6 heteroatoms. The second kappa shape index (κ2) is 7.19. The number of hydrogen-bond donors (Lipinski definition) is 1. The average Bonchev–Trinajstić information content (AvgIpc) is 3.22. The molecule has 1 N–H and O–H groups in total. The number of thiazole rings is 1. The van der Waals surface area contributed by atoms with Crippen LogP contribution in [0, 0.1) is 5.92 Å². The lowest BCUT2D eigenvalue weighted by Gasteiger charge is -2.32. The number of amides is 2. The number of hydrogen-bond acceptors (Lipinski definition) is 4. The topological polar surface area (TPSA) is 62.3 Å². The van der Waals surface area contributed by atoms with Crippen LogP contribution in [-0.4, -0.2) is 34.8 Å². The number of benzene rings is 1. The van der Waals surface area contributed by atoms with Gasteiger partial charge in [-0.25, -0.2) is 4.98 Å². The molecular formula is C20H23N3O2S. The zero-order valence-electron chi connectivity index (χ0n) is 14.9. The van der Waals surface area contributed by atoms with Crippen LogP contribution in [0.1, 0.15) is 53.0 Å². The van der Waals surface area contributed by atoms with E-state index in [9.17, 15) is 9.59 Å². The maximum Gasteiger partial charge on any atom is 0.257 e. The molecule has 1 aromatic carbocycles. The molecule has 2 aromatic rings. The number of rotatable bonds is 3. The van der Waals surface area contributed by atoms with Crippen molar-refractivity contribution in [2.24, 2.45) is 5.92 Å². The molecule has 0 spiro atoms. The van der Waals surface area contributed by atoms with Crippen molar-refractivity contribution in [1.29, 1.82) is 0 Å². The number of nitrogens with zero attached hydrogens (tertiary/aromatic N) is 2. The van der Waals surface area contributed by atoms with E-state index in [1.54, 1.807) is 12.1 Å². The molecule has 2 amide bonds. The van der Waals surface area contributed by atoms with Gasteiger partial charge in [0.25, 0.3) is 5.91 Å². The highest BCUT2D eigenvalue weighted by atomic mass is 32.1. The Morgan fingerprint density at radius 2 is 1.88 bits per heavy atom. The number of anilines is 1. The maximum absolute atomic E-state index is 12.9. The number of aryl methyl sites for hydroxylation is 1. The third kappa shape index (κ3) is 3.38. The Hall–Kier alpha value is -2.21. The molecule has 0 saturated carbocycles. The number of piperidine rings is 1. The van der Waals surface area contributed by atoms with Crippen LogP contribution in [0.15, 0.2) is 30.3 Å². The van der Waals surface area contributed by atoms with Gasteiger partial charge in [0, 0.05) is 23.5 Å². The SMILES string of the molecule is CC1CCN(C(=O)C2CCc3sc(NC(=O)c4ccccc4)nc32)CC1. The zero-order valence-corrected chi connectivity index (χ0v) is 15.7. The summed E-state index contributed by atoms with van der Waals surface area (Å²) in [6.07, 6.45) is 3.88. The number of likely N-dealkylation sites (tertiary alicyclic amines) is 1. The van der Waals surface area contributed by atoms with Gasteiger partial charge in [0.05, 0.1) is 11.6 Å². The van der Waals surface area contributed by atoms with Crippen molar-refractivity contribution in [1.82, 2.24) is 9.88 Å². The van der Waals surface area contributed by atoms with Crippen LogP contribution in [0.5, 0.6) is 0 Å². The molecule has 1 aliphatic carbocycles. The predicted molar refractivity (Wildman–Crippen MR) is 103 cm³/mol. The van der Waals surface area contributed by atoms with E-state index in [2.05, 4.69) is 17.2 Å². The van der Waals surface area contributed by atoms with Gasteiger partial charge in [0.2, 0.25) is 5.91 Å². The Morgan fingerprint density at radius 1 is 1.15 bits per heavy atom. The molecule has 136 valence electrons. The van der Waals surface area contributed by atoms with Crippen molar-refractivity contribution in [2.45, 2.75) is 38.5 Å². The minimum Gasteiger partial charge on any atom is -0.342 e. The molecule has 1 unspecified atom stereocenters. The summed E-state index contributed by atoms with van der Waals surface area (Å²) in [4.78, 5) is 33.0. The fraction of sp³-hybridized carbons (Fsp3) is 0.450. The molecule has 1 aliphatic heterocycles. The first-order valence-electron chi connectivity index (χ1n) is 9.26. The molecule has 5 nitrogen and oxygen atoms in total. The molecule has 4 rings (SSSR count). The Balaban J connectivity index is 1.46. The zero-order chi connectivity index (χ0) is 18.1. The summed E-state index contributed by atoms with van der Waals surface area (Å²) in [6.45, 7) is 3.96.